The Morgan fingerprint density at radius 1 is 1.27 bits per heavy atom. The fourth-order valence-corrected chi connectivity index (χ4v) is 3.70. The maximum atomic E-state index is 13.2. The molecule has 0 aliphatic carbocycles. The summed E-state index contributed by atoms with van der Waals surface area (Å²) in [5.41, 5.74) is -0.446. The van der Waals surface area contributed by atoms with Gasteiger partial charge in [-0.1, -0.05) is 0 Å². The monoisotopic (exact) mass is 414 g/mol. The standard InChI is InChI=1S/C21H26N4O5/c1-21(2,3)30-20(28)25-13-16(29-19(27)14-6-4-8-23-12-14)10-17(25)18(26)24-9-5-7-15(24)11-22/h4,6,8,12,15-17H,5,7,9-10,13H2,1-3H3/t15?,16-,17-/m0/s1. The molecule has 2 amide bonds. The molecule has 0 saturated carbocycles. The second kappa shape index (κ2) is 8.69. The van der Waals surface area contributed by atoms with Crippen LogP contribution < -0.4 is 0 Å². The van der Waals surface area contributed by atoms with Gasteiger partial charge in [-0.05, 0) is 45.7 Å². The van der Waals surface area contributed by atoms with Gasteiger partial charge in [-0.25, -0.2) is 9.59 Å². The number of amides is 2. The average Bonchev–Trinajstić information content (AvgIpc) is 3.33. The summed E-state index contributed by atoms with van der Waals surface area (Å²) in [6, 6.07) is 4.00. The summed E-state index contributed by atoms with van der Waals surface area (Å²) >= 11 is 0. The van der Waals surface area contributed by atoms with E-state index in [0.29, 0.717) is 18.5 Å². The van der Waals surface area contributed by atoms with E-state index in [1.807, 2.05) is 0 Å². The third kappa shape index (κ3) is 4.87. The molecule has 9 nitrogen and oxygen atoms in total. The van der Waals surface area contributed by atoms with Crippen LogP contribution in [0.2, 0.25) is 0 Å². The zero-order valence-electron chi connectivity index (χ0n) is 17.4. The van der Waals surface area contributed by atoms with E-state index in [-0.39, 0.29) is 18.9 Å². The molecule has 0 radical (unpaired) electrons. The predicted octanol–water partition coefficient (Wildman–Crippen LogP) is 2.13. The molecular weight excluding hydrogens is 388 g/mol. The third-order valence-corrected chi connectivity index (χ3v) is 5.03. The minimum atomic E-state index is -0.847. The number of aromatic nitrogens is 1. The maximum Gasteiger partial charge on any atom is 0.411 e. The van der Waals surface area contributed by atoms with Gasteiger partial charge in [-0.3, -0.25) is 14.7 Å². The zero-order valence-corrected chi connectivity index (χ0v) is 17.4. The van der Waals surface area contributed by atoms with Crippen molar-refractivity contribution in [3.63, 3.8) is 0 Å². The second-order valence-corrected chi connectivity index (χ2v) is 8.47. The normalized spacial score (nSPS) is 23.7. The number of esters is 1. The van der Waals surface area contributed by atoms with Crippen LogP contribution in [0.1, 0.15) is 50.4 Å². The highest BCUT2D eigenvalue weighted by Gasteiger charge is 2.46. The fourth-order valence-electron chi connectivity index (χ4n) is 3.70. The number of nitrogens with zero attached hydrogens (tertiary/aromatic N) is 4. The molecular formula is C21H26N4O5. The molecule has 3 heterocycles. The first-order valence-corrected chi connectivity index (χ1v) is 10.0. The summed E-state index contributed by atoms with van der Waals surface area (Å²) in [6.07, 6.45) is 3.14. The summed E-state index contributed by atoms with van der Waals surface area (Å²) in [5, 5.41) is 9.33. The predicted molar refractivity (Wildman–Crippen MR) is 105 cm³/mol. The van der Waals surface area contributed by atoms with E-state index in [9.17, 15) is 19.6 Å². The van der Waals surface area contributed by atoms with Crippen molar-refractivity contribution in [2.24, 2.45) is 0 Å². The Balaban J connectivity index is 1.77. The van der Waals surface area contributed by atoms with E-state index in [2.05, 4.69) is 11.1 Å². The molecule has 3 rings (SSSR count). The first-order chi connectivity index (χ1) is 14.2. The zero-order chi connectivity index (χ0) is 21.9. The number of pyridine rings is 1. The van der Waals surface area contributed by atoms with Crippen molar-refractivity contribution in [1.82, 2.24) is 14.8 Å². The van der Waals surface area contributed by atoms with Crippen LogP contribution in [0.15, 0.2) is 24.5 Å². The molecule has 1 unspecified atom stereocenters. The van der Waals surface area contributed by atoms with Gasteiger partial charge in [0.1, 0.15) is 23.8 Å². The molecule has 9 heteroatoms. The molecule has 160 valence electrons. The van der Waals surface area contributed by atoms with Gasteiger partial charge in [0.15, 0.2) is 0 Å². The third-order valence-electron chi connectivity index (χ3n) is 5.03. The van der Waals surface area contributed by atoms with E-state index in [1.54, 1.807) is 39.1 Å². The van der Waals surface area contributed by atoms with Crippen molar-refractivity contribution in [2.75, 3.05) is 13.1 Å². The van der Waals surface area contributed by atoms with Gasteiger partial charge in [0.2, 0.25) is 5.91 Å². The van der Waals surface area contributed by atoms with Crippen molar-refractivity contribution >= 4 is 18.0 Å². The number of ether oxygens (including phenoxy) is 2. The van der Waals surface area contributed by atoms with Crippen LogP contribution in [0, 0.1) is 11.3 Å². The number of carbonyl (C=O) groups is 3. The quantitative estimate of drug-likeness (QED) is 0.696. The average molecular weight is 414 g/mol. The second-order valence-electron chi connectivity index (χ2n) is 8.47. The van der Waals surface area contributed by atoms with E-state index in [1.165, 1.54) is 16.0 Å². The van der Waals surface area contributed by atoms with Crippen LogP contribution in [0.3, 0.4) is 0 Å². The first-order valence-electron chi connectivity index (χ1n) is 10.0. The number of likely N-dealkylation sites (tertiary alicyclic amines) is 2. The fraction of sp³-hybridized carbons (Fsp3) is 0.571. The molecule has 2 aliphatic rings. The lowest BCUT2D eigenvalue weighted by Crippen LogP contribution is -2.50. The lowest BCUT2D eigenvalue weighted by atomic mass is 10.1. The molecule has 0 aromatic carbocycles. The largest absolute Gasteiger partial charge is 0.457 e. The highest BCUT2D eigenvalue weighted by Crippen LogP contribution is 2.28. The van der Waals surface area contributed by atoms with Gasteiger partial charge in [-0.2, -0.15) is 5.26 Å². The van der Waals surface area contributed by atoms with E-state index < -0.39 is 35.9 Å². The lowest BCUT2D eigenvalue weighted by molar-refractivity contribution is -0.136. The Hall–Kier alpha value is -3.15. The first kappa shape index (κ1) is 21.6. The van der Waals surface area contributed by atoms with Gasteiger partial charge in [0.05, 0.1) is 18.2 Å². The molecule has 1 aromatic heterocycles. The summed E-state index contributed by atoms with van der Waals surface area (Å²) in [5.74, 6) is -0.883. The van der Waals surface area contributed by atoms with Crippen LogP contribution in [0.25, 0.3) is 0 Å². The van der Waals surface area contributed by atoms with Gasteiger partial charge < -0.3 is 14.4 Å². The van der Waals surface area contributed by atoms with Crippen LogP contribution >= 0.6 is 0 Å². The van der Waals surface area contributed by atoms with Gasteiger partial charge >= 0.3 is 12.1 Å². The summed E-state index contributed by atoms with van der Waals surface area (Å²) in [7, 11) is 0. The minimum absolute atomic E-state index is 0.0440. The van der Waals surface area contributed by atoms with Crippen molar-refractivity contribution in [3.05, 3.63) is 30.1 Å². The number of nitriles is 1. The minimum Gasteiger partial charge on any atom is -0.457 e. The number of hydrogen-bond donors (Lipinski definition) is 0. The summed E-state index contributed by atoms with van der Waals surface area (Å²) < 4.78 is 11.0. The number of hydrogen-bond acceptors (Lipinski definition) is 7. The molecule has 2 fully saturated rings. The summed E-state index contributed by atoms with van der Waals surface area (Å²) in [4.78, 5) is 45.1. The summed E-state index contributed by atoms with van der Waals surface area (Å²) in [6.45, 7) is 5.73. The highest BCUT2D eigenvalue weighted by molar-refractivity contribution is 5.90. The van der Waals surface area contributed by atoms with E-state index >= 15 is 0 Å². The number of carbonyl (C=O) groups excluding carboxylic acids is 3. The topological polar surface area (TPSA) is 113 Å². The molecule has 2 aliphatic heterocycles. The Kier molecular flexibility index (Phi) is 6.25. The van der Waals surface area contributed by atoms with Crippen LogP contribution in [0.4, 0.5) is 4.79 Å². The molecule has 0 bridgehead atoms. The molecule has 2 saturated heterocycles. The van der Waals surface area contributed by atoms with Crippen LogP contribution in [0.5, 0.6) is 0 Å². The van der Waals surface area contributed by atoms with Crippen LogP contribution in [-0.2, 0) is 14.3 Å². The molecule has 0 N–H and O–H groups in total. The maximum absolute atomic E-state index is 13.2. The van der Waals surface area contributed by atoms with Crippen molar-refractivity contribution in [3.8, 4) is 6.07 Å². The molecule has 3 atom stereocenters. The van der Waals surface area contributed by atoms with E-state index in [4.69, 9.17) is 9.47 Å². The smallest absolute Gasteiger partial charge is 0.411 e. The van der Waals surface area contributed by atoms with Gasteiger partial charge in [-0.15, -0.1) is 0 Å². The Morgan fingerprint density at radius 3 is 2.67 bits per heavy atom. The Labute approximate surface area is 175 Å². The molecule has 0 spiro atoms. The SMILES string of the molecule is CC(C)(C)OC(=O)N1C[C@@H](OC(=O)c2cccnc2)C[C@H]1C(=O)N1CCCC1C#N. The van der Waals surface area contributed by atoms with Crippen molar-refractivity contribution in [2.45, 2.75) is 63.8 Å². The Bertz CT molecular complexity index is 845. The lowest BCUT2D eigenvalue weighted by Gasteiger charge is -2.30. The van der Waals surface area contributed by atoms with Crippen molar-refractivity contribution < 1.29 is 23.9 Å². The van der Waals surface area contributed by atoms with E-state index in [0.717, 1.165) is 6.42 Å². The molecule has 30 heavy (non-hydrogen) atoms. The van der Waals surface area contributed by atoms with Crippen molar-refractivity contribution in [1.29, 1.82) is 5.26 Å². The Morgan fingerprint density at radius 2 is 2.03 bits per heavy atom. The highest BCUT2D eigenvalue weighted by atomic mass is 16.6. The van der Waals surface area contributed by atoms with Gasteiger partial charge in [0, 0.05) is 25.4 Å². The molecule has 1 aromatic rings. The number of rotatable bonds is 3. The van der Waals surface area contributed by atoms with Crippen LogP contribution in [-0.4, -0.2) is 69.6 Å². The van der Waals surface area contributed by atoms with Gasteiger partial charge in [0.25, 0.3) is 0 Å².